The summed E-state index contributed by atoms with van der Waals surface area (Å²) in [6, 6.07) is 23.5. The number of nitriles is 1. The molecule has 0 aromatic heterocycles. The van der Waals surface area contributed by atoms with Crippen LogP contribution < -0.4 is 20.3 Å². The highest BCUT2D eigenvalue weighted by Gasteiger charge is 2.64. The molecule has 1 saturated carbocycles. The molecule has 3 fully saturated rings. The van der Waals surface area contributed by atoms with Crippen LogP contribution in [0, 0.1) is 28.1 Å². The van der Waals surface area contributed by atoms with Gasteiger partial charge in [0.15, 0.2) is 0 Å². The molecule has 382 valence electrons. The number of nitrogens with one attached hydrogen (secondary N) is 2. The van der Waals surface area contributed by atoms with Gasteiger partial charge in [-0.05, 0) is 96.6 Å². The molecule has 8 rings (SSSR count). The molecule has 3 heterocycles. The van der Waals surface area contributed by atoms with Crippen molar-refractivity contribution in [1.82, 2.24) is 25.3 Å². The van der Waals surface area contributed by atoms with E-state index in [4.69, 9.17) is 16.3 Å². The van der Waals surface area contributed by atoms with E-state index in [1.807, 2.05) is 96.1 Å². The number of likely N-dealkylation sites (tertiary alicyclic amines) is 1. The molecule has 1 aliphatic carbocycles. The Morgan fingerprint density at radius 2 is 1.58 bits per heavy atom. The summed E-state index contributed by atoms with van der Waals surface area (Å²) in [5.41, 5.74) is 2.07. The third kappa shape index (κ3) is 10.8. The van der Waals surface area contributed by atoms with Crippen LogP contribution in [0.1, 0.15) is 103 Å². The van der Waals surface area contributed by atoms with Gasteiger partial charge in [0.25, 0.3) is 11.8 Å². The minimum Gasteiger partial charge on any atom is -0.489 e. The van der Waals surface area contributed by atoms with Gasteiger partial charge in [-0.1, -0.05) is 83.5 Å². The maximum absolute atomic E-state index is 14.3. The first-order valence-corrected chi connectivity index (χ1v) is 25.0. The Balaban J connectivity index is 0.795. The molecule has 3 N–H and O–H groups in total. The van der Waals surface area contributed by atoms with Crippen molar-refractivity contribution in [3.8, 4) is 11.8 Å². The minimum absolute atomic E-state index is 0.00840. The number of β-amino-alcohol motifs (C(OH)–C–C–N with tert-alkyl or cyclic N) is 1. The lowest BCUT2D eigenvalue weighted by molar-refractivity contribution is -0.164. The van der Waals surface area contributed by atoms with Crippen LogP contribution in [0.25, 0.3) is 0 Å². The Bertz CT molecular complexity index is 2700. The van der Waals surface area contributed by atoms with E-state index in [1.54, 1.807) is 23.1 Å². The van der Waals surface area contributed by atoms with E-state index in [-0.39, 0.29) is 67.4 Å². The fraction of sp³-hybridized carbons (Fsp3) is 0.473. The van der Waals surface area contributed by atoms with Gasteiger partial charge in [0.2, 0.25) is 11.8 Å². The van der Waals surface area contributed by atoms with E-state index in [0.29, 0.717) is 16.1 Å². The van der Waals surface area contributed by atoms with E-state index in [0.717, 1.165) is 80.1 Å². The zero-order valence-electron chi connectivity index (χ0n) is 41.6. The molecule has 0 bridgehead atoms. The fourth-order valence-corrected chi connectivity index (χ4v) is 11.7. The third-order valence-corrected chi connectivity index (χ3v) is 15.3. The number of hydrogen-bond donors (Lipinski definition) is 3. The number of ether oxygens (including phenoxy) is 1. The van der Waals surface area contributed by atoms with Gasteiger partial charge in [-0.15, -0.1) is 0 Å². The number of alkyl halides is 3. The Morgan fingerprint density at radius 3 is 2.22 bits per heavy atom. The third-order valence-electron chi connectivity index (χ3n) is 15.1. The van der Waals surface area contributed by atoms with Crippen LogP contribution in [-0.2, 0) is 35.3 Å². The molecular weight excluding hydrogens is 947 g/mol. The number of aryl methyl sites for hydroxylation is 1. The normalized spacial score (nSPS) is 22.0. The average molecular weight is 1010 g/mol. The van der Waals surface area contributed by atoms with Crippen LogP contribution >= 0.6 is 11.6 Å². The van der Waals surface area contributed by atoms with Gasteiger partial charge in [0.1, 0.15) is 23.9 Å². The first kappa shape index (κ1) is 52.2. The van der Waals surface area contributed by atoms with Crippen LogP contribution in [0.4, 0.5) is 18.9 Å². The number of amides is 4. The number of carbonyl (C=O) groups excluding carboxylic acids is 4. The topological polar surface area (TPSA) is 159 Å². The fourth-order valence-electron chi connectivity index (χ4n) is 11.5. The summed E-state index contributed by atoms with van der Waals surface area (Å²) in [6.45, 7) is 16.1. The number of aliphatic hydroxyl groups is 1. The van der Waals surface area contributed by atoms with Crippen LogP contribution in [0.2, 0.25) is 5.02 Å². The molecule has 1 unspecified atom stereocenters. The first-order chi connectivity index (χ1) is 34.1. The minimum atomic E-state index is -4.70. The molecule has 4 aliphatic rings. The number of aliphatic hydroxyl groups excluding tert-OH is 1. The number of anilines is 1. The van der Waals surface area contributed by atoms with Crippen molar-refractivity contribution in [1.29, 1.82) is 5.26 Å². The summed E-state index contributed by atoms with van der Waals surface area (Å²) >= 11 is 6.01. The number of fused-ring (bicyclic) bond motifs is 1. The number of piperazine rings is 1. The first-order valence-electron chi connectivity index (χ1n) is 24.7. The molecule has 4 amide bonds. The number of halogens is 4. The van der Waals surface area contributed by atoms with E-state index >= 15 is 0 Å². The molecule has 0 radical (unpaired) electrons. The van der Waals surface area contributed by atoms with Crippen molar-refractivity contribution in [3.63, 3.8) is 0 Å². The van der Waals surface area contributed by atoms with Crippen molar-refractivity contribution in [2.24, 2.45) is 16.7 Å². The smallest absolute Gasteiger partial charge is 0.417 e. The van der Waals surface area contributed by atoms with Crippen LogP contribution in [0.5, 0.6) is 5.75 Å². The molecule has 4 aromatic rings. The predicted octanol–water partition coefficient (Wildman–Crippen LogP) is 7.86. The second-order valence-corrected chi connectivity index (χ2v) is 21.6. The summed E-state index contributed by atoms with van der Waals surface area (Å²) < 4.78 is 47.0. The highest BCUT2D eigenvalue weighted by Crippen LogP contribution is 2.56. The van der Waals surface area contributed by atoms with Gasteiger partial charge in [-0.25, -0.2) is 0 Å². The second-order valence-electron chi connectivity index (χ2n) is 21.2. The zero-order valence-corrected chi connectivity index (χ0v) is 42.3. The van der Waals surface area contributed by atoms with E-state index < -0.39 is 52.4 Å². The van der Waals surface area contributed by atoms with Crippen molar-refractivity contribution < 1.29 is 42.2 Å². The summed E-state index contributed by atoms with van der Waals surface area (Å²) in [5.74, 6) is -1.43. The van der Waals surface area contributed by atoms with Crippen molar-refractivity contribution in [2.45, 2.75) is 110 Å². The molecular formula is C55H63ClF3N7O6. The van der Waals surface area contributed by atoms with Gasteiger partial charge >= 0.3 is 6.18 Å². The van der Waals surface area contributed by atoms with Crippen LogP contribution in [-0.4, -0.2) is 113 Å². The van der Waals surface area contributed by atoms with E-state index in [2.05, 4.69) is 20.4 Å². The molecule has 3 aliphatic heterocycles. The Kier molecular flexibility index (Phi) is 15.0. The summed E-state index contributed by atoms with van der Waals surface area (Å²) in [4.78, 5) is 63.1. The Labute approximate surface area is 424 Å². The Morgan fingerprint density at radius 1 is 0.917 bits per heavy atom. The van der Waals surface area contributed by atoms with Crippen molar-refractivity contribution in [3.05, 3.63) is 129 Å². The highest BCUT2D eigenvalue weighted by atomic mass is 35.5. The van der Waals surface area contributed by atoms with Gasteiger partial charge in [-0.3, -0.25) is 24.1 Å². The molecule has 4 aromatic carbocycles. The monoisotopic (exact) mass is 1010 g/mol. The zero-order chi connectivity index (χ0) is 51.9. The quantitative estimate of drug-likeness (QED) is 0.108. The number of nitrogens with zero attached hydrogens (tertiary/aromatic N) is 5. The van der Waals surface area contributed by atoms with Crippen LogP contribution in [0.15, 0.2) is 84.9 Å². The SMILES string of the molecule is CC(C)C(C(=O)N1C[C@H](O)C[C@H]1C(=O)NCc1ccc(Cl)cc1)N1Cc2ccc(N3CCN(CCCc4ccc(C(=O)NC5C(C)(C)C(Oc6ccc(C#N)c(C(F)(F)F)c6)C5(C)C)cc4)CC3)cc2C1=O. The summed E-state index contributed by atoms with van der Waals surface area (Å²) in [7, 11) is 0. The number of hydrogen-bond acceptors (Lipinski definition) is 9. The highest BCUT2D eigenvalue weighted by molar-refractivity contribution is 6.30. The van der Waals surface area contributed by atoms with E-state index in [9.17, 15) is 42.7 Å². The number of carbonyl (C=O) groups is 4. The lowest BCUT2D eigenvalue weighted by atomic mass is 9.49. The lowest BCUT2D eigenvalue weighted by Gasteiger charge is -2.63. The van der Waals surface area contributed by atoms with Crippen molar-refractivity contribution in [2.75, 3.05) is 44.2 Å². The van der Waals surface area contributed by atoms with Crippen LogP contribution in [0.3, 0.4) is 0 Å². The second kappa shape index (κ2) is 20.8. The number of rotatable bonds is 15. The van der Waals surface area contributed by atoms with Gasteiger partial charge in [0, 0.05) is 90.9 Å². The van der Waals surface area contributed by atoms with Gasteiger partial charge in [-0.2, -0.15) is 18.4 Å². The summed E-state index contributed by atoms with van der Waals surface area (Å²) in [5, 5.41) is 26.5. The molecule has 72 heavy (non-hydrogen) atoms. The van der Waals surface area contributed by atoms with Gasteiger partial charge < -0.3 is 35.2 Å². The maximum atomic E-state index is 14.3. The molecule has 0 spiro atoms. The summed E-state index contributed by atoms with van der Waals surface area (Å²) in [6.07, 6.45) is -4.22. The molecule has 17 heteroatoms. The van der Waals surface area contributed by atoms with E-state index in [1.165, 1.54) is 11.0 Å². The standard InChI is InChI=1S/C55H63ClF3N7O6/c1-33(2)46(50(71)65-32-41(67)27-45(65)48(69)61-30-35-11-17-39(56)18-12-35)66-31-38-15-19-40(26-43(38)49(66)70)64-24-22-63(23-25-64)21-7-8-34-9-13-36(14-10-34)47(68)62-51-53(3,4)52(54(51,5)6)72-42-20-16-37(29-60)44(28-42)55(57,58)59/h9-20,26,28,33,41,45-46,51-52,67H,7-8,21-25,27,30-32H2,1-6H3,(H,61,69)(H,62,68)/t41-,45+,46?,51?,52?/m1/s1. The maximum Gasteiger partial charge on any atom is 0.417 e. The molecule has 3 atom stereocenters. The predicted molar refractivity (Wildman–Crippen MR) is 267 cm³/mol. The Hall–Kier alpha value is -6.15. The number of benzene rings is 4. The molecule has 13 nitrogen and oxygen atoms in total. The average Bonchev–Trinajstić information content (AvgIpc) is 3.90. The van der Waals surface area contributed by atoms with Gasteiger partial charge in [0.05, 0.1) is 23.3 Å². The molecule has 2 saturated heterocycles. The largest absolute Gasteiger partial charge is 0.489 e. The lowest BCUT2D eigenvalue weighted by Crippen LogP contribution is -2.74. The van der Waals surface area contributed by atoms with Crippen molar-refractivity contribution >= 4 is 40.9 Å².